The minimum Gasteiger partial charge on any atom is -0.388 e. The minimum absolute atomic E-state index is 0.556. The van der Waals surface area contributed by atoms with Crippen LogP contribution in [0, 0.1) is 5.92 Å². The lowest BCUT2D eigenvalue weighted by atomic mass is 9.79. The molecule has 2 atom stereocenters. The summed E-state index contributed by atoms with van der Waals surface area (Å²) < 4.78 is 0. The lowest BCUT2D eigenvalue weighted by molar-refractivity contribution is -0.000831. The van der Waals surface area contributed by atoms with E-state index < -0.39 is 5.60 Å². The fourth-order valence-electron chi connectivity index (χ4n) is 2.92. The number of nitrogens with zero attached hydrogens (tertiary/aromatic N) is 2. The van der Waals surface area contributed by atoms with Crippen molar-refractivity contribution in [3.8, 4) is 0 Å². The van der Waals surface area contributed by atoms with Crippen molar-refractivity contribution in [1.82, 2.24) is 9.97 Å². The first-order chi connectivity index (χ1) is 9.54. The molecule has 0 aromatic carbocycles. The molecule has 0 spiro atoms. The standard InChI is InChI=1S/C15H26N4O/c1-4-12-18-13(16-3)8-14(19-12)17-10-15(20)7-5-6-11(2)9-15/h8,11,20H,4-7,9-10H2,1-3H3,(H2,16,17,18,19). The van der Waals surface area contributed by atoms with E-state index in [1.165, 1.54) is 6.42 Å². The molecule has 1 aromatic heterocycles. The Morgan fingerprint density at radius 1 is 1.40 bits per heavy atom. The van der Waals surface area contributed by atoms with Crippen molar-refractivity contribution >= 4 is 11.6 Å². The van der Waals surface area contributed by atoms with Gasteiger partial charge >= 0.3 is 0 Å². The van der Waals surface area contributed by atoms with Crippen LogP contribution in [0.5, 0.6) is 0 Å². The van der Waals surface area contributed by atoms with E-state index in [4.69, 9.17) is 0 Å². The molecule has 1 saturated carbocycles. The van der Waals surface area contributed by atoms with Crippen molar-refractivity contribution in [2.45, 2.75) is 51.6 Å². The minimum atomic E-state index is -0.602. The first kappa shape index (κ1) is 15.0. The quantitative estimate of drug-likeness (QED) is 0.771. The van der Waals surface area contributed by atoms with Gasteiger partial charge in [-0.3, -0.25) is 0 Å². The molecule has 1 aromatic rings. The van der Waals surface area contributed by atoms with Crippen LogP contribution in [0.15, 0.2) is 6.07 Å². The summed E-state index contributed by atoms with van der Waals surface area (Å²) in [6, 6.07) is 1.88. The van der Waals surface area contributed by atoms with Gasteiger partial charge in [0.05, 0.1) is 5.60 Å². The molecule has 0 amide bonds. The Labute approximate surface area is 121 Å². The number of aryl methyl sites for hydroxylation is 1. The maximum absolute atomic E-state index is 10.6. The van der Waals surface area contributed by atoms with Gasteiger partial charge in [-0.05, 0) is 18.8 Å². The normalized spacial score (nSPS) is 26.3. The highest BCUT2D eigenvalue weighted by molar-refractivity contribution is 5.47. The van der Waals surface area contributed by atoms with Crippen molar-refractivity contribution in [3.05, 3.63) is 11.9 Å². The summed E-state index contributed by atoms with van der Waals surface area (Å²) in [6.45, 7) is 4.80. The summed E-state index contributed by atoms with van der Waals surface area (Å²) in [5.41, 5.74) is -0.602. The van der Waals surface area contributed by atoms with Gasteiger partial charge in [-0.2, -0.15) is 0 Å². The lowest BCUT2D eigenvalue weighted by Crippen LogP contribution is -2.41. The molecule has 2 rings (SSSR count). The average molecular weight is 278 g/mol. The van der Waals surface area contributed by atoms with E-state index in [1.807, 2.05) is 20.0 Å². The van der Waals surface area contributed by atoms with E-state index in [0.717, 1.165) is 43.1 Å². The van der Waals surface area contributed by atoms with E-state index in [9.17, 15) is 5.11 Å². The Bertz CT molecular complexity index is 429. The fourth-order valence-corrected chi connectivity index (χ4v) is 2.92. The third-order valence-electron chi connectivity index (χ3n) is 4.01. The molecule has 1 heterocycles. The van der Waals surface area contributed by atoms with Gasteiger partial charge in [0.1, 0.15) is 17.5 Å². The topological polar surface area (TPSA) is 70.1 Å². The highest BCUT2D eigenvalue weighted by Crippen LogP contribution is 2.32. The Morgan fingerprint density at radius 2 is 2.15 bits per heavy atom. The first-order valence-electron chi connectivity index (χ1n) is 7.56. The molecule has 1 aliphatic rings. The SMILES string of the molecule is CCc1nc(NC)cc(NCC2(O)CCCC(C)C2)n1. The highest BCUT2D eigenvalue weighted by Gasteiger charge is 2.32. The molecule has 0 aliphatic heterocycles. The monoisotopic (exact) mass is 278 g/mol. The molecular weight excluding hydrogens is 252 g/mol. The molecule has 112 valence electrons. The third-order valence-corrected chi connectivity index (χ3v) is 4.01. The second kappa shape index (κ2) is 6.39. The van der Waals surface area contributed by atoms with Crippen molar-refractivity contribution < 1.29 is 5.11 Å². The number of hydrogen-bond donors (Lipinski definition) is 3. The van der Waals surface area contributed by atoms with Gasteiger partial charge in [-0.1, -0.05) is 26.7 Å². The van der Waals surface area contributed by atoms with Crippen LogP contribution in [-0.4, -0.2) is 34.3 Å². The van der Waals surface area contributed by atoms with E-state index >= 15 is 0 Å². The summed E-state index contributed by atoms with van der Waals surface area (Å²) in [5, 5.41) is 17.0. The van der Waals surface area contributed by atoms with Crippen LogP contribution in [0.2, 0.25) is 0 Å². The first-order valence-corrected chi connectivity index (χ1v) is 7.56. The van der Waals surface area contributed by atoms with Crippen LogP contribution < -0.4 is 10.6 Å². The zero-order valence-corrected chi connectivity index (χ0v) is 12.7. The predicted molar refractivity (Wildman–Crippen MR) is 82.0 cm³/mol. The van der Waals surface area contributed by atoms with E-state index in [1.54, 1.807) is 0 Å². The molecule has 3 N–H and O–H groups in total. The number of rotatable bonds is 5. The summed E-state index contributed by atoms with van der Waals surface area (Å²) in [6.07, 6.45) is 4.86. The highest BCUT2D eigenvalue weighted by atomic mass is 16.3. The Hall–Kier alpha value is -1.36. The summed E-state index contributed by atoms with van der Waals surface area (Å²) in [4.78, 5) is 8.83. The fraction of sp³-hybridized carbons (Fsp3) is 0.733. The van der Waals surface area contributed by atoms with Crippen LogP contribution in [0.25, 0.3) is 0 Å². The molecule has 1 aliphatic carbocycles. The maximum atomic E-state index is 10.6. The molecule has 1 fully saturated rings. The number of aromatic nitrogens is 2. The molecule has 5 nitrogen and oxygen atoms in total. The number of hydrogen-bond acceptors (Lipinski definition) is 5. The zero-order chi connectivity index (χ0) is 14.6. The van der Waals surface area contributed by atoms with Gasteiger partial charge in [-0.15, -0.1) is 0 Å². The Morgan fingerprint density at radius 3 is 2.80 bits per heavy atom. The van der Waals surface area contributed by atoms with Crippen LogP contribution >= 0.6 is 0 Å². The van der Waals surface area contributed by atoms with E-state index in [-0.39, 0.29) is 0 Å². The van der Waals surface area contributed by atoms with E-state index in [0.29, 0.717) is 12.5 Å². The lowest BCUT2D eigenvalue weighted by Gasteiger charge is -2.35. The molecule has 2 unspecified atom stereocenters. The van der Waals surface area contributed by atoms with E-state index in [2.05, 4.69) is 27.5 Å². The smallest absolute Gasteiger partial charge is 0.132 e. The van der Waals surface area contributed by atoms with Crippen LogP contribution in [0.3, 0.4) is 0 Å². The van der Waals surface area contributed by atoms with Crippen molar-refractivity contribution in [2.75, 3.05) is 24.2 Å². The number of anilines is 2. The Kier molecular flexibility index (Phi) is 4.81. The van der Waals surface area contributed by atoms with Gasteiger partial charge in [0, 0.05) is 26.1 Å². The van der Waals surface area contributed by atoms with Gasteiger partial charge in [0.15, 0.2) is 0 Å². The maximum Gasteiger partial charge on any atom is 0.132 e. The Balaban J connectivity index is 2.02. The zero-order valence-electron chi connectivity index (χ0n) is 12.7. The number of aliphatic hydroxyl groups is 1. The average Bonchev–Trinajstić information content (AvgIpc) is 2.44. The van der Waals surface area contributed by atoms with Crippen LogP contribution in [0.1, 0.15) is 45.4 Å². The number of nitrogens with one attached hydrogen (secondary N) is 2. The molecular formula is C15H26N4O. The molecule has 5 heteroatoms. The van der Waals surface area contributed by atoms with Gasteiger partial charge in [0.25, 0.3) is 0 Å². The van der Waals surface area contributed by atoms with Crippen LogP contribution in [-0.2, 0) is 6.42 Å². The molecule has 0 bridgehead atoms. The van der Waals surface area contributed by atoms with Crippen LogP contribution in [0.4, 0.5) is 11.6 Å². The molecule has 0 radical (unpaired) electrons. The molecule has 0 saturated heterocycles. The van der Waals surface area contributed by atoms with Gasteiger partial charge in [0.2, 0.25) is 0 Å². The summed E-state index contributed by atoms with van der Waals surface area (Å²) >= 11 is 0. The summed E-state index contributed by atoms with van der Waals surface area (Å²) in [5.74, 6) is 3.00. The largest absolute Gasteiger partial charge is 0.388 e. The third kappa shape index (κ3) is 3.82. The van der Waals surface area contributed by atoms with Gasteiger partial charge in [-0.25, -0.2) is 9.97 Å². The van der Waals surface area contributed by atoms with Crippen molar-refractivity contribution in [2.24, 2.45) is 5.92 Å². The van der Waals surface area contributed by atoms with Crippen molar-refractivity contribution in [3.63, 3.8) is 0 Å². The summed E-state index contributed by atoms with van der Waals surface area (Å²) in [7, 11) is 1.85. The predicted octanol–water partition coefficient (Wildman–Crippen LogP) is 2.43. The molecule has 20 heavy (non-hydrogen) atoms. The van der Waals surface area contributed by atoms with Gasteiger partial charge < -0.3 is 15.7 Å². The van der Waals surface area contributed by atoms with Crippen molar-refractivity contribution in [1.29, 1.82) is 0 Å². The second-order valence-electron chi connectivity index (χ2n) is 5.94. The second-order valence-corrected chi connectivity index (χ2v) is 5.94.